The lowest BCUT2D eigenvalue weighted by Gasteiger charge is -2.51. The van der Waals surface area contributed by atoms with Crippen molar-refractivity contribution in [3.8, 4) is 0 Å². The number of likely N-dealkylation sites (N-methyl/N-ethyl adjacent to an activating group) is 1. The number of fused-ring (bicyclic) bond motifs is 1. The average Bonchev–Trinajstić information content (AvgIpc) is 3.13. The minimum absolute atomic E-state index is 0.0889. The second kappa shape index (κ2) is 5.35. The number of carbonyl (C=O) groups excluding carboxylic acids is 1. The Balaban J connectivity index is 1.56. The molecule has 120 valence electrons. The Bertz CT molecular complexity index is 577. The first-order valence-corrected chi connectivity index (χ1v) is 8.34. The van der Waals surface area contributed by atoms with E-state index in [1.807, 2.05) is 4.90 Å². The third-order valence-electron chi connectivity index (χ3n) is 5.72. The Kier molecular flexibility index (Phi) is 3.46. The predicted octanol–water partition coefficient (Wildman–Crippen LogP) is 0.835. The second-order valence-corrected chi connectivity index (χ2v) is 6.87. The van der Waals surface area contributed by atoms with Crippen molar-refractivity contribution in [1.29, 1.82) is 0 Å². The maximum Gasteiger partial charge on any atom is 0.274 e. The van der Waals surface area contributed by atoms with Crippen molar-refractivity contribution in [2.24, 2.45) is 0 Å². The van der Waals surface area contributed by atoms with E-state index in [-0.39, 0.29) is 11.4 Å². The van der Waals surface area contributed by atoms with Gasteiger partial charge in [-0.05, 0) is 39.2 Å². The van der Waals surface area contributed by atoms with Gasteiger partial charge in [0.15, 0.2) is 5.69 Å². The van der Waals surface area contributed by atoms with Crippen LogP contribution in [0.3, 0.4) is 0 Å². The topological polar surface area (TPSA) is 61.5 Å². The van der Waals surface area contributed by atoms with Gasteiger partial charge in [0, 0.05) is 49.6 Å². The molecule has 22 heavy (non-hydrogen) atoms. The summed E-state index contributed by atoms with van der Waals surface area (Å²) in [5.41, 5.74) is 3.08. The fraction of sp³-hybridized carbons (Fsp3) is 0.750. The Hall–Kier alpha value is -1.40. The van der Waals surface area contributed by atoms with Crippen LogP contribution in [0.5, 0.6) is 0 Å². The van der Waals surface area contributed by atoms with Crippen molar-refractivity contribution < 1.29 is 9.53 Å². The van der Waals surface area contributed by atoms with Crippen LogP contribution in [0.15, 0.2) is 0 Å². The number of amides is 1. The number of piperazine rings is 1. The van der Waals surface area contributed by atoms with Gasteiger partial charge in [0.25, 0.3) is 5.91 Å². The molecule has 0 radical (unpaired) electrons. The molecule has 2 saturated heterocycles. The van der Waals surface area contributed by atoms with E-state index in [2.05, 4.69) is 22.1 Å². The molecular weight excluding hydrogens is 280 g/mol. The van der Waals surface area contributed by atoms with Gasteiger partial charge in [-0.15, -0.1) is 0 Å². The van der Waals surface area contributed by atoms with Crippen molar-refractivity contribution in [1.82, 2.24) is 20.0 Å². The van der Waals surface area contributed by atoms with Gasteiger partial charge in [-0.1, -0.05) is 0 Å². The maximum absolute atomic E-state index is 12.9. The van der Waals surface area contributed by atoms with E-state index in [0.717, 1.165) is 70.5 Å². The molecule has 0 bridgehead atoms. The number of nitrogens with zero attached hydrogens (tertiary/aromatic N) is 3. The molecule has 6 nitrogen and oxygen atoms in total. The van der Waals surface area contributed by atoms with Gasteiger partial charge in [-0.2, -0.15) is 5.10 Å². The van der Waals surface area contributed by atoms with Gasteiger partial charge in [0.05, 0.1) is 0 Å². The number of hydrogen-bond donors (Lipinski definition) is 1. The molecule has 0 unspecified atom stereocenters. The van der Waals surface area contributed by atoms with E-state index >= 15 is 0 Å². The molecule has 1 aromatic rings. The van der Waals surface area contributed by atoms with Crippen LogP contribution < -0.4 is 0 Å². The van der Waals surface area contributed by atoms with Crippen LogP contribution in [0, 0.1) is 0 Å². The third-order valence-corrected chi connectivity index (χ3v) is 5.72. The summed E-state index contributed by atoms with van der Waals surface area (Å²) in [6.07, 6.45) is 5.16. The smallest absolute Gasteiger partial charge is 0.274 e. The van der Waals surface area contributed by atoms with E-state index < -0.39 is 0 Å². The number of carbonyl (C=O) groups is 1. The number of H-pyrrole nitrogens is 1. The van der Waals surface area contributed by atoms with E-state index in [4.69, 9.17) is 4.74 Å². The summed E-state index contributed by atoms with van der Waals surface area (Å²) in [6.45, 7) is 4.11. The third kappa shape index (κ3) is 2.16. The van der Waals surface area contributed by atoms with E-state index in [0.29, 0.717) is 5.69 Å². The monoisotopic (exact) mass is 304 g/mol. The van der Waals surface area contributed by atoms with Crippen molar-refractivity contribution in [3.63, 3.8) is 0 Å². The SMILES string of the molecule is CN1CCN(C(=O)c2n[nH]c3c2CCC3)CC12CCOCC2. The van der Waals surface area contributed by atoms with Gasteiger partial charge >= 0.3 is 0 Å². The maximum atomic E-state index is 12.9. The molecule has 2 fully saturated rings. The molecule has 0 saturated carbocycles. The quantitative estimate of drug-likeness (QED) is 0.835. The molecule has 6 heteroatoms. The van der Waals surface area contributed by atoms with Crippen LogP contribution in [0.25, 0.3) is 0 Å². The Morgan fingerprint density at radius 2 is 2.09 bits per heavy atom. The molecule has 1 aliphatic carbocycles. The highest BCUT2D eigenvalue weighted by molar-refractivity contribution is 5.94. The minimum atomic E-state index is 0.0889. The summed E-state index contributed by atoms with van der Waals surface area (Å²) in [6, 6.07) is 0. The Morgan fingerprint density at radius 1 is 1.27 bits per heavy atom. The zero-order valence-electron chi connectivity index (χ0n) is 13.2. The Labute approximate surface area is 130 Å². The largest absolute Gasteiger partial charge is 0.381 e. The van der Waals surface area contributed by atoms with E-state index in [1.54, 1.807) is 0 Å². The van der Waals surface area contributed by atoms with Gasteiger partial charge < -0.3 is 9.64 Å². The highest BCUT2D eigenvalue weighted by atomic mass is 16.5. The van der Waals surface area contributed by atoms with E-state index in [9.17, 15) is 4.79 Å². The highest BCUT2D eigenvalue weighted by Gasteiger charge is 2.43. The lowest BCUT2D eigenvalue weighted by Crippen LogP contribution is -2.63. The van der Waals surface area contributed by atoms with Crippen molar-refractivity contribution in [2.45, 2.75) is 37.6 Å². The summed E-state index contributed by atoms with van der Waals surface area (Å²) in [4.78, 5) is 17.4. The standard InChI is InChI=1S/C16H24N4O2/c1-19-7-8-20(11-16(19)5-9-22-10-6-16)15(21)14-12-3-2-4-13(12)17-18-14/h2-11H2,1H3,(H,17,18). The Morgan fingerprint density at radius 3 is 2.91 bits per heavy atom. The summed E-state index contributed by atoms with van der Waals surface area (Å²) in [5.74, 6) is 0.110. The van der Waals surface area contributed by atoms with Crippen LogP contribution in [0.1, 0.15) is 41.0 Å². The highest BCUT2D eigenvalue weighted by Crippen LogP contribution is 2.32. The van der Waals surface area contributed by atoms with Gasteiger partial charge in [-0.25, -0.2) is 0 Å². The molecule has 3 aliphatic rings. The summed E-state index contributed by atoms with van der Waals surface area (Å²) < 4.78 is 5.53. The van der Waals surface area contributed by atoms with Crippen LogP contribution in [-0.4, -0.2) is 71.3 Å². The number of nitrogens with one attached hydrogen (secondary N) is 1. The molecule has 1 N–H and O–H groups in total. The van der Waals surface area contributed by atoms with E-state index in [1.165, 1.54) is 5.69 Å². The lowest BCUT2D eigenvalue weighted by molar-refractivity contribution is -0.0544. The molecule has 0 atom stereocenters. The summed E-state index contributed by atoms with van der Waals surface area (Å²) in [7, 11) is 2.18. The van der Waals surface area contributed by atoms with Gasteiger partial charge in [-0.3, -0.25) is 14.8 Å². The van der Waals surface area contributed by atoms with Gasteiger partial charge in [0.1, 0.15) is 0 Å². The van der Waals surface area contributed by atoms with Crippen molar-refractivity contribution in [3.05, 3.63) is 17.0 Å². The fourth-order valence-electron chi connectivity index (χ4n) is 4.17. The number of aryl methyl sites for hydroxylation is 1. The predicted molar refractivity (Wildman–Crippen MR) is 81.9 cm³/mol. The van der Waals surface area contributed by atoms with Crippen LogP contribution in [-0.2, 0) is 17.6 Å². The zero-order valence-corrected chi connectivity index (χ0v) is 13.2. The lowest BCUT2D eigenvalue weighted by atomic mass is 9.86. The number of hydrogen-bond acceptors (Lipinski definition) is 4. The number of rotatable bonds is 1. The normalized spacial score (nSPS) is 24.7. The first-order chi connectivity index (χ1) is 10.7. The zero-order chi connectivity index (χ0) is 15.2. The minimum Gasteiger partial charge on any atom is -0.381 e. The molecule has 0 aromatic carbocycles. The first-order valence-electron chi connectivity index (χ1n) is 8.34. The molecule has 4 rings (SSSR count). The van der Waals surface area contributed by atoms with Crippen LogP contribution in [0.2, 0.25) is 0 Å². The average molecular weight is 304 g/mol. The molecule has 1 aromatic heterocycles. The van der Waals surface area contributed by atoms with Gasteiger partial charge in [0.2, 0.25) is 0 Å². The van der Waals surface area contributed by atoms with Crippen LogP contribution in [0.4, 0.5) is 0 Å². The molecule has 1 amide bonds. The number of aromatic nitrogens is 2. The molecule has 2 aliphatic heterocycles. The summed E-state index contributed by atoms with van der Waals surface area (Å²) in [5, 5.41) is 7.37. The number of aromatic amines is 1. The first kappa shape index (κ1) is 14.2. The van der Waals surface area contributed by atoms with Crippen molar-refractivity contribution in [2.75, 3.05) is 39.9 Å². The summed E-state index contributed by atoms with van der Waals surface area (Å²) >= 11 is 0. The molecule has 1 spiro atoms. The van der Waals surface area contributed by atoms with Crippen molar-refractivity contribution >= 4 is 5.91 Å². The van der Waals surface area contributed by atoms with Crippen LogP contribution >= 0.6 is 0 Å². The fourth-order valence-corrected chi connectivity index (χ4v) is 4.17. The molecular formula is C16H24N4O2. The molecule has 3 heterocycles. The number of ether oxygens (including phenoxy) is 1. The second-order valence-electron chi connectivity index (χ2n) is 6.87.